The Morgan fingerprint density at radius 1 is 0.350 bits per heavy atom. The molecule has 18 rings (SSSR count). The van der Waals surface area contributed by atoms with Gasteiger partial charge in [0.2, 0.25) is 0 Å². The second-order valence-corrected chi connectivity index (χ2v) is 33.7. The van der Waals surface area contributed by atoms with Crippen molar-refractivity contribution in [2.75, 3.05) is 154 Å². The highest BCUT2D eigenvalue weighted by atomic mass is 19.2. The maximum absolute atomic E-state index is 13.9. The van der Waals surface area contributed by atoms with Gasteiger partial charge >= 0.3 is 0 Å². The van der Waals surface area contributed by atoms with Crippen LogP contribution in [0.3, 0.4) is 0 Å². The molecule has 24 heteroatoms. The summed E-state index contributed by atoms with van der Waals surface area (Å²) in [7, 11) is 6.28. The first-order valence-electron chi connectivity index (χ1n) is 46.4. The minimum atomic E-state index is -0.755. The van der Waals surface area contributed by atoms with E-state index in [-0.39, 0.29) is 114 Å². The summed E-state index contributed by atoms with van der Waals surface area (Å²) < 4.78 is 162. The molecule has 9 aliphatic heterocycles. The van der Waals surface area contributed by atoms with Crippen LogP contribution in [-0.2, 0) is 72.4 Å². The first kappa shape index (κ1) is 77.0. The molecule has 9 heterocycles. The molecule has 0 bridgehead atoms. The van der Waals surface area contributed by atoms with E-state index in [9.17, 15) is 43.5 Å². The van der Waals surface area contributed by atoms with Gasteiger partial charge in [-0.3, -0.25) is 29.4 Å². The summed E-state index contributed by atoms with van der Waals surface area (Å²) >= 11 is 0. The van der Waals surface area contributed by atoms with Crippen LogP contribution in [-0.4, -0.2) is 189 Å². The highest BCUT2D eigenvalue weighted by molar-refractivity contribution is 6.16. The average molecular weight is 1680 g/mol. The Labute approximate surface area is 726 Å². The number of carbonyl (C=O) groups excluding carboxylic acids is 3. The largest absolute Gasteiger partial charge is 0.381 e. The Morgan fingerprint density at radius 2 is 0.707 bits per heavy atom. The molecule has 0 atom stereocenters. The summed E-state index contributed by atoms with van der Waals surface area (Å²) in [5.74, 6) is -3.25. The molecule has 6 saturated heterocycles. The van der Waals surface area contributed by atoms with Gasteiger partial charge in [0, 0.05) is 187 Å². The van der Waals surface area contributed by atoms with Crippen LogP contribution in [0.15, 0.2) is 179 Å². The van der Waals surface area contributed by atoms with Crippen LogP contribution in [0.4, 0.5) is 43.4 Å². The monoisotopic (exact) mass is 1680 g/mol. The Balaban J connectivity index is 0.000000143. The standard InChI is InChI=1S/3C33H36F2N4O2/c3*1-38-8-10-39(11-9-38)29-4-5-30(26(19-29)15-22-6-12-41-13-7-22)33(40)37-32-31-18-23(2-3-25(31)21-36-32)14-24-16-27(34)20-28(35)17-24/h3*2-5,16-20,22H,6-15,21H2,1H3,(H,36,37,40)/i4D,18D,19D;2D,3D,18D;19D. The van der Waals surface area contributed by atoms with E-state index in [1.54, 1.807) is 12.1 Å². The van der Waals surface area contributed by atoms with E-state index in [2.05, 4.69) is 87.5 Å². The van der Waals surface area contributed by atoms with E-state index in [0.717, 1.165) is 185 Å². The number of anilines is 3. The number of halogens is 6. The molecule has 6 fully saturated rings. The van der Waals surface area contributed by atoms with Crippen molar-refractivity contribution in [3.05, 3.63) is 299 Å². The number of likely N-dealkylation sites (N-methyl/N-ethyl adjacent to an activating group) is 3. The lowest BCUT2D eigenvalue weighted by Gasteiger charge is -2.34. The Kier molecular flexibility index (Phi) is 24.9. The summed E-state index contributed by atoms with van der Waals surface area (Å²) in [6, 6.07) is 31.2. The number of amidine groups is 3. The maximum Gasteiger partial charge on any atom is 0.257 e. The second kappa shape index (κ2) is 39.8. The van der Waals surface area contributed by atoms with Crippen LogP contribution >= 0.6 is 0 Å². The summed E-state index contributed by atoms with van der Waals surface area (Å²) in [4.78, 5) is 68.6. The van der Waals surface area contributed by atoms with Crippen molar-refractivity contribution in [3.8, 4) is 0 Å². The number of nitrogens with one attached hydrogen (secondary N) is 3. The first-order valence-corrected chi connectivity index (χ1v) is 42.9. The van der Waals surface area contributed by atoms with Crippen molar-refractivity contribution >= 4 is 52.3 Å². The fourth-order valence-electron chi connectivity index (χ4n) is 17.5. The lowest BCUT2D eigenvalue weighted by Crippen LogP contribution is -2.44. The Hall–Kier alpha value is -10.9. The number of aliphatic imine (C=N–C) groups is 3. The molecule has 0 aromatic heterocycles. The molecule has 0 saturated carbocycles. The van der Waals surface area contributed by atoms with E-state index in [0.29, 0.717) is 152 Å². The quantitative estimate of drug-likeness (QED) is 0.0696. The summed E-state index contributed by atoms with van der Waals surface area (Å²) in [5, 5.41) is 8.84. The van der Waals surface area contributed by atoms with Gasteiger partial charge in [-0.15, -0.1) is 0 Å². The number of ether oxygens (including phenoxy) is 3. The van der Waals surface area contributed by atoms with Crippen molar-refractivity contribution in [2.24, 2.45) is 32.7 Å². The van der Waals surface area contributed by atoms with Crippen LogP contribution in [0.25, 0.3) is 0 Å². The van der Waals surface area contributed by atoms with Gasteiger partial charge in [-0.1, -0.05) is 36.4 Å². The van der Waals surface area contributed by atoms with Gasteiger partial charge in [-0.2, -0.15) is 0 Å². The number of benzene rings is 9. The molecule has 0 unspecified atom stereocenters. The van der Waals surface area contributed by atoms with Gasteiger partial charge in [-0.25, -0.2) is 26.3 Å². The maximum atomic E-state index is 13.9. The van der Waals surface area contributed by atoms with E-state index in [4.69, 9.17) is 21.1 Å². The number of nitrogens with zero attached hydrogens (tertiary/aromatic N) is 9. The number of carbonyl (C=O) groups is 3. The lowest BCUT2D eigenvalue weighted by molar-refractivity contribution is 0.0663. The number of piperazine rings is 3. The third-order valence-corrected chi connectivity index (χ3v) is 24.6. The molecule has 0 spiro atoms. The van der Waals surface area contributed by atoms with Gasteiger partial charge < -0.3 is 59.6 Å². The molecule has 3 N–H and O–H groups in total. The fraction of sp³-hybridized carbons (Fsp3) is 0.394. The third kappa shape index (κ3) is 22.2. The molecule has 9 aromatic carbocycles. The van der Waals surface area contributed by atoms with Gasteiger partial charge in [0.1, 0.15) is 52.4 Å². The van der Waals surface area contributed by atoms with Crippen molar-refractivity contribution in [3.63, 3.8) is 0 Å². The zero-order valence-electron chi connectivity index (χ0n) is 76.9. The normalized spacial score (nSPS) is 18.6. The molecule has 0 aliphatic carbocycles. The van der Waals surface area contributed by atoms with Crippen LogP contribution in [0.2, 0.25) is 0 Å². The van der Waals surface area contributed by atoms with Crippen molar-refractivity contribution in [1.82, 2.24) is 30.7 Å². The Morgan fingerprint density at radius 3 is 1.19 bits per heavy atom. The topological polar surface area (TPSA) is 172 Å². The van der Waals surface area contributed by atoms with Crippen molar-refractivity contribution in [2.45, 2.75) is 96.7 Å². The van der Waals surface area contributed by atoms with Crippen LogP contribution in [0, 0.1) is 52.7 Å². The number of fused-ring (bicyclic) bond motifs is 3. The number of hydrogen-bond acceptors (Lipinski definition) is 15. The molecule has 3 amide bonds. The molecule has 9 aromatic rings. The second-order valence-electron chi connectivity index (χ2n) is 33.7. The SMILES string of the molecule is [2H]c1c(N2CCN(C)CC2)ccc(C(=O)NC2=NCc3ccc(Cc4cc(F)cc(F)c4)cc32)c1CC1CCOCC1.[2H]c1c([2H])c2c(c([2H])c1Cc1cc(F)cc(F)c1)C(NC(=O)c1ccc(N3CCN(C)CC3)cc1CC1CCOCC1)=NC2.[2H]c1cc(C(=O)NC2=NCc3ccc(Cc4cc(F)cc(F)c4)c([2H])c32)c(CC2CCOCC2)c([2H])c1N1CCN(C)CC1. The van der Waals surface area contributed by atoms with Crippen LogP contribution in [0.1, 0.15) is 163 Å². The minimum Gasteiger partial charge on any atom is -0.381 e. The predicted octanol–water partition coefficient (Wildman–Crippen LogP) is 14.9. The van der Waals surface area contributed by atoms with E-state index in [1.165, 1.54) is 24.3 Å². The smallest absolute Gasteiger partial charge is 0.257 e. The van der Waals surface area contributed by atoms with Crippen molar-refractivity contribution < 1.29 is 64.5 Å². The molecule has 18 nitrogen and oxygen atoms in total. The Bertz CT molecular complexity index is 5810. The lowest BCUT2D eigenvalue weighted by atomic mass is 9.89. The number of amides is 3. The van der Waals surface area contributed by atoms with E-state index < -0.39 is 40.8 Å². The molecule has 642 valence electrons. The summed E-state index contributed by atoms with van der Waals surface area (Å²) in [5.41, 5.74) is 12.7. The van der Waals surface area contributed by atoms with Gasteiger partial charge in [0.15, 0.2) is 0 Å². The van der Waals surface area contributed by atoms with Gasteiger partial charge in [0.25, 0.3) is 17.7 Å². The van der Waals surface area contributed by atoms with Crippen molar-refractivity contribution in [1.29, 1.82) is 0 Å². The summed E-state index contributed by atoms with van der Waals surface area (Å²) in [6.07, 6.45) is 7.71. The molecular formula is C99H108F6N12O6. The molecule has 123 heavy (non-hydrogen) atoms. The zero-order valence-corrected chi connectivity index (χ0v) is 69.9. The molecular weight excluding hydrogens is 1570 g/mol. The molecule has 9 aliphatic rings. The average Bonchev–Trinajstić information content (AvgIpc) is 1.64. The number of rotatable bonds is 18. The highest BCUT2D eigenvalue weighted by Gasteiger charge is 2.31. The van der Waals surface area contributed by atoms with E-state index in [1.807, 2.05) is 48.5 Å². The van der Waals surface area contributed by atoms with Gasteiger partial charge in [-0.05, 0) is 292 Å². The van der Waals surface area contributed by atoms with Crippen LogP contribution in [0.5, 0.6) is 0 Å². The van der Waals surface area contributed by atoms with Crippen LogP contribution < -0.4 is 30.7 Å². The third-order valence-electron chi connectivity index (χ3n) is 24.6. The molecule has 0 radical (unpaired) electrons. The summed E-state index contributed by atoms with van der Waals surface area (Å²) in [6.45, 7) is 15.3. The minimum absolute atomic E-state index is 0.0632. The zero-order chi connectivity index (χ0) is 91.1. The van der Waals surface area contributed by atoms with Gasteiger partial charge in [0.05, 0.1) is 29.2 Å². The highest BCUT2D eigenvalue weighted by Crippen LogP contribution is 2.34. The first-order chi connectivity index (χ1) is 62.7. The predicted molar refractivity (Wildman–Crippen MR) is 470 cm³/mol. The fourth-order valence-corrected chi connectivity index (χ4v) is 17.5. The number of hydrogen-bond donors (Lipinski definition) is 3. The van der Waals surface area contributed by atoms with E-state index >= 15 is 0 Å².